The van der Waals surface area contributed by atoms with Gasteiger partial charge in [-0.05, 0) is 18.6 Å². The Labute approximate surface area is 98.5 Å². The monoisotopic (exact) mass is 245 g/mol. The molecule has 0 aromatic heterocycles. The third-order valence-electron chi connectivity index (χ3n) is 1.97. The summed E-state index contributed by atoms with van der Waals surface area (Å²) >= 11 is 5.47. The molecular formula is C11H13ClFNO2. The van der Waals surface area contributed by atoms with E-state index in [1.54, 1.807) is 0 Å². The second-order valence-corrected chi connectivity index (χ2v) is 3.57. The Morgan fingerprint density at radius 2 is 2.31 bits per heavy atom. The molecule has 1 amide bonds. The summed E-state index contributed by atoms with van der Waals surface area (Å²) in [5.74, 6) is -0.0501. The summed E-state index contributed by atoms with van der Waals surface area (Å²) in [5.41, 5.74) is 0.512. The maximum Gasteiger partial charge on any atom is 0.224 e. The summed E-state index contributed by atoms with van der Waals surface area (Å²) < 4.78 is 17.9. The number of ether oxygens (including phenoxy) is 1. The molecule has 16 heavy (non-hydrogen) atoms. The molecule has 0 aliphatic heterocycles. The molecule has 0 saturated carbocycles. The number of methoxy groups -OCH3 is 1. The smallest absolute Gasteiger partial charge is 0.224 e. The number of halogens is 2. The Balaban J connectivity index is 2.63. The van der Waals surface area contributed by atoms with Crippen molar-refractivity contribution >= 4 is 23.2 Å². The van der Waals surface area contributed by atoms with Gasteiger partial charge in [0, 0.05) is 24.1 Å². The quantitative estimate of drug-likeness (QED) is 0.810. The van der Waals surface area contributed by atoms with Gasteiger partial charge in [0.25, 0.3) is 0 Å². The van der Waals surface area contributed by atoms with Gasteiger partial charge in [-0.2, -0.15) is 0 Å². The van der Waals surface area contributed by atoms with Gasteiger partial charge in [0.1, 0.15) is 0 Å². The lowest BCUT2D eigenvalue weighted by atomic mass is 10.2. The van der Waals surface area contributed by atoms with Crippen molar-refractivity contribution in [2.45, 2.75) is 12.8 Å². The van der Waals surface area contributed by atoms with E-state index in [0.29, 0.717) is 24.4 Å². The molecule has 0 aliphatic carbocycles. The van der Waals surface area contributed by atoms with Crippen LogP contribution >= 0.6 is 11.6 Å². The van der Waals surface area contributed by atoms with E-state index in [9.17, 15) is 9.18 Å². The highest BCUT2D eigenvalue weighted by molar-refractivity contribution is 6.18. The zero-order valence-corrected chi connectivity index (χ0v) is 9.68. The van der Waals surface area contributed by atoms with Gasteiger partial charge in [0.2, 0.25) is 5.91 Å². The second-order valence-electron chi connectivity index (χ2n) is 3.19. The minimum atomic E-state index is -0.457. The SMILES string of the molecule is COc1cc(NC(=O)CCCCl)ccc1F. The van der Waals surface area contributed by atoms with Crippen LogP contribution < -0.4 is 10.1 Å². The van der Waals surface area contributed by atoms with Gasteiger partial charge in [-0.15, -0.1) is 11.6 Å². The van der Waals surface area contributed by atoms with Crippen molar-refractivity contribution in [3.05, 3.63) is 24.0 Å². The minimum absolute atomic E-state index is 0.107. The molecule has 3 nitrogen and oxygen atoms in total. The number of hydrogen-bond acceptors (Lipinski definition) is 2. The highest BCUT2D eigenvalue weighted by Crippen LogP contribution is 2.21. The van der Waals surface area contributed by atoms with Crippen LogP contribution in [-0.4, -0.2) is 18.9 Å². The van der Waals surface area contributed by atoms with Crippen LogP contribution in [0.2, 0.25) is 0 Å². The minimum Gasteiger partial charge on any atom is -0.494 e. The lowest BCUT2D eigenvalue weighted by Gasteiger charge is -2.07. The largest absolute Gasteiger partial charge is 0.494 e. The van der Waals surface area contributed by atoms with Crippen LogP contribution in [0.1, 0.15) is 12.8 Å². The van der Waals surface area contributed by atoms with Crippen LogP contribution in [0.3, 0.4) is 0 Å². The summed E-state index contributed by atoms with van der Waals surface area (Å²) in [6.07, 6.45) is 0.967. The Kier molecular flexibility index (Phi) is 5.05. The first-order chi connectivity index (χ1) is 7.67. The van der Waals surface area contributed by atoms with E-state index in [1.165, 1.54) is 25.3 Å². The Bertz CT molecular complexity index is 371. The molecule has 1 N–H and O–H groups in total. The molecule has 0 aliphatic rings. The standard InChI is InChI=1S/C11H13ClFNO2/c1-16-10-7-8(4-5-9(10)13)14-11(15)3-2-6-12/h4-5,7H,2-3,6H2,1H3,(H,14,15). The number of alkyl halides is 1. The normalized spacial score (nSPS) is 9.94. The molecule has 1 aromatic rings. The number of benzene rings is 1. The third-order valence-corrected chi connectivity index (χ3v) is 2.24. The highest BCUT2D eigenvalue weighted by atomic mass is 35.5. The van der Waals surface area contributed by atoms with Crippen LogP contribution in [-0.2, 0) is 4.79 Å². The van der Waals surface area contributed by atoms with Crippen LogP contribution in [0.15, 0.2) is 18.2 Å². The van der Waals surface area contributed by atoms with E-state index < -0.39 is 5.82 Å². The summed E-state index contributed by atoms with van der Waals surface area (Å²) in [4.78, 5) is 11.4. The predicted molar refractivity (Wildman–Crippen MR) is 61.5 cm³/mol. The molecule has 0 atom stereocenters. The Hall–Kier alpha value is -1.29. The number of rotatable bonds is 5. The molecule has 0 radical (unpaired) electrons. The van der Waals surface area contributed by atoms with Gasteiger partial charge in [-0.1, -0.05) is 0 Å². The lowest BCUT2D eigenvalue weighted by molar-refractivity contribution is -0.116. The van der Waals surface area contributed by atoms with E-state index in [1.807, 2.05) is 0 Å². The first-order valence-electron chi connectivity index (χ1n) is 4.86. The molecule has 0 heterocycles. The van der Waals surface area contributed by atoms with E-state index in [2.05, 4.69) is 5.32 Å². The van der Waals surface area contributed by atoms with Gasteiger partial charge in [-0.3, -0.25) is 4.79 Å². The highest BCUT2D eigenvalue weighted by Gasteiger charge is 2.06. The van der Waals surface area contributed by atoms with Crippen molar-refractivity contribution in [3.63, 3.8) is 0 Å². The maximum atomic E-state index is 13.1. The summed E-state index contributed by atoms with van der Waals surface area (Å²) in [5, 5.41) is 2.63. The molecule has 88 valence electrons. The molecule has 0 saturated heterocycles. The number of hydrogen-bond donors (Lipinski definition) is 1. The third kappa shape index (κ3) is 3.70. The van der Waals surface area contributed by atoms with Crippen molar-refractivity contribution in [1.29, 1.82) is 0 Å². The van der Waals surface area contributed by atoms with Gasteiger partial charge in [0.15, 0.2) is 11.6 Å². The predicted octanol–water partition coefficient (Wildman–Crippen LogP) is 2.79. The fraction of sp³-hybridized carbons (Fsp3) is 0.364. The Morgan fingerprint density at radius 1 is 1.56 bits per heavy atom. The number of anilines is 1. The molecule has 0 unspecified atom stereocenters. The summed E-state index contributed by atoms with van der Waals surface area (Å²) in [6.45, 7) is 0. The van der Waals surface area contributed by atoms with Crippen molar-refractivity contribution in [2.24, 2.45) is 0 Å². The van der Waals surface area contributed by atoms with Gasteiger partial charge >= 0.3 is 0 Å². The average molecular weight is 246 g/mol. The summed E-state index contributed by atoms with van der Waals surface area (Å²) in [7, 11) is 1.37. The molecular weight excluding hydrogens is 233 g/mol. The van der Waals surface area contributed by atoms with Crippen molar-refractivity contribution in [2.75, 3.05) is 18.3 Å². The van der Waals surface area contributed by atoms with Gasteiger partial charge in [0.05, 0.1) is 7.11 Å². The summed E-state index contributed by atoms with van der Waals surface area (Å²) in [6, 6.07) is 4.17. The van der Waals surface area contributed by atoms with E-state index in [-0.39, 0.29) is 11.7 Å². The molecule has 0 spiro atoms. The first kappa shape index (κ1) is 12.8. The molecule has 0 fully saturated rings. The lowest BCUT2D eigenvalue weighted by Crippen LogP contribution is -2.11. The Morgan fingerprint density at radius 3 is 2.94 bits per heavy atom. The molecule has 1 rings (SSSR count). The van der Waals surface area contributed by atoms with Crippen molar-refractivity contribution in [1.82, 2.24) is 0 Å². The molecule has 0 bridgehead atoms. The van der Waals surface area contributed by atoms with E-state index >= 15 is 0 Å². The van der Waals surface area contributed by atoms with E-state index in [4.69, 9.17) is 16.3 Å². The number of carbonyl (C=O) groups excluding carboxylic acids is 1. The van der Waals surface area contributed by atoms with Crippen molar-refractivity contribution in [3.8, 4) is 5.75 Å². The number of carbonyl (C=O) groups is 1. The maximum absolute atomic E-state index is 13.1. The van der Waals surface area contributed by atoms with Crippen LogP contribution in [0, 0.1) is 5.82 Å². The van der Waals surface area contributed by atoms with Crippen LogP contribution in [0.25, 0.3) is 0 Å². The van der Waals surface area contributed by atoms with Gasteiger partial charge in [-0.25, -0.2) is 4.39 Å². The number of amides is 1. The van der Waals surface area contributed by atoms with Crippen molar-refractivity contribution < 1.29 is 13.9 Å². The van der Waals surface area contributed by atoms with Crippen LogP contribution in [0.5, 0.6) is 5.75 Å². The second kappa shape index (κ2) is 6.33. The molecule has 1 aromatic carbocycles. The fourth-order valence-corrected chi connectivity index (χ4v) is 1.32. The topological polar surface area (TPSA) is 38.3 Å². The average Bonchev–Trinajstić information content (AvgIpc) is 2.29. The first-order valence-corrected chi connectivity index (χ1v) is 5.40. The number of nitrogens with one attached hydrogen (secondary N) is 1. The van der Waals surface area contributed by atoms with Crippen LogP contribution in [0.4, 0.5) is 10.1 Å². The van der Waals surface area contributed by atoms with E-state index in [0.717, 1.165) is 0 Å². The van der Waals surface area contributed by atoms with Gasteiger partial charge < -0.3 is 10.1 Å². The zero-order valence-electron chi connectivity index (χ0n) is 8.93. The fourth-order valence-electron chi connectivity index (χ4n) is 1.19. The molecule has 5 heteroatoms. The zero-order chi connectivity index (χ0) is 12.0.